The first-order valence-electron chi connectivity index (χ1n) is 2.58. The van der Waals surface area contributed by atoms with Crippen molar-refractivity contribution in [1.29, 1.82) is 0 Å². The Labute approximate surface area is 71.6 Å². The molecule has 0 saturated heterocycles. The maximum Gasteiger partial charge on any atom is 0.0704 e. The number of hydrogen-bond donors (Lipinski definition) is 0. The van der Waals surface area contributed by atoms with E-state index < -0.39 is 0 Å². The first-order valence-corrected chi connectivity index (χ1v) is 4.29. The molecule has 1 rings (SSSR count). The fourth-order valence-corrected chi connectivity index (χ4v) is 1.36. The molecule has 0 saturated carbocycles. The molecule has 0 aromatic rings. The van der Waals surface area contributed by atoms with Gasteiger partial charge in [0, 0.05) is 4.48 Å². The van der Waals surface area contributed by atoms with Gasteiger partial charge in [0.1, 0.15) is 0 Å². The van der Waals surface area contributed by atoms with E-state index in [0.717, 1.165) is 10.1 Å². The average molecular weight is 250 g/mol. The normalized spacial score (nSPS) is 26.2. The number of allylic oxidation sites excluding steroid dienone is 5. The van der Waals surface area contributed by atoms with Gasteiger partial charge in [-0.1, -0.05) is 56.7 Å². The van der Waals surface area contributed by atoms with Crippen molar-refractivity contribution < 1.29 is 0 Å². The van der Waals surface area contributed by atoms with Crippen molar-refractivity contribution in [2.45, 2.75) is 4.83 Å². The number of hydrogen-bond acceptors (Lipinski definition) is 0. The summed E-state index contributed by atoms with van der Waals surface area (Å²) in [7, 11) is 0. The Morgan fingerprint density at radius 2 is 2.22 bits per heavy atom. The van der Waals surface area contributed by atoms with Crippen LogP contribution in [-0.2, 0) is 0 Å². The summed E-state index contributed by atoms with van der Waals surface area (Å²) in [5.74, 6) is 0. The molecule has 0 spiro atoms. The van der Waals surface area contributed by atoms with Crippen LogP contribution >= 0.6 is 31.9 Å². The topological polar surface area (TPSA) is 0 Å². The van der Waals surface area contributed by atoms with Crippen molar-refractivity contribution in [2.24, 2.45) is 0 Å². The molecular formula is C7H6Br2. The van der Waals surface area contributed by atoms with Crippen molar-refractivity contribution in [3.05, 3.63) is 34.9 Å². The van der Waals surface area contributed by atoms with Crippen LogP contribution in [0, 0.1) is 0 Å². The summed E-state index contributed by atoms with van der Waals surface area (Å²) in [5, 5.41) is 0. The van der Waals surface area contributed by atoms with Crippen molar-refractivity contribution in [2.75, 3.05) is 0 Å². The molecule has 0 aliphatic heterocycles. The summed E-state index contributed by atoms with van der Waals surface area (Å²) in [6.07, 6.45) is 5.97. The Hall–Kier alpha value is 0.180. The van der Waals surface area contributed by atoms with Crippen LogP contribution in [0.4, 0.5) is 0 Å². The molecule has 0 amide bonds. The highest BCUT2D eigenvalue weighted by atomic mass is 79.9. The van der Waals surface area contributed by atoms with Crippen molar-refractivity contribution >= 4 is 31.9 Å². The average Bonchev–Trinajstić information content (AvgIpc) is 1.83. The van der Waals surface area contributed by atoms with E-state index in [2.05, 4.69) is 38.4 Å². The minimum absolute atomic E-state index is 0.280. The van der Waals surface area contributed by atoms with Crippen molar-refractivity contribution in [3.63, 3.8) is 0 Å². The van der Waals surface area contributed by atoms with Crippen molar-refractivity contribution in [1.82, 2.24) is 0 Å². The molecule has 0 heterocycles. The summed E-state index contributed by atoms with van der Waals surface area (Å²) in [6.45, 7) is 3.84. The molecule has 1 aliphatic rings. The molecule has 2 heteroatoms. The minimum atomic E-state index is 0.280. The summed E-state index contributed by atoms with van der Waals surface area (Å²) >= 11 is 6.85. The summed E-state index contributed by atoms with van der Waals surface area (Å²) in [6, 6.07) is 0. The van der Waals surface area contributed by atoms with Crippen LogP contribution in [0.3, 0.4) is 0 Å². The van der Waals surface area contributed by atoms with Crippen LogP contribution in [-0.4, -0.2) is 4.83 Å². The maximum absolute atomic E-state index is 3.84. The quantitative estimate of drug-likeness (QED) is 0.579. The highest BCUT2D eigenvalue weighted by molar-refractivity contribution is 9.14. The molecule has 0 fully saturated rings. The van der Waals surface area contributed by atoms with E-state index in [0.29, 0.717) is 0 Å². The lowest BCUT2D eigenvalue weighted by molar-refractivity contribution is 1.30. The van der Waals surface area contributed by atoms with Crippen LogP contribution in [0.2, 0.25) is 0 Å². The standard InChI is InChI=1S/C7H6Br2/c1-5-3-2-4-6(8)7(5)9/h2-4,7H,1H2. The molecule has 0 bridgehead atoms. The molecule has 48 valence electrons. The number of rotatable bonds is 0. The van der Waals surface area contributed by atoms with E-state index in [9.17, 15) is 0 Å². The highest BCUT2D eigenvalue weighted by Crippen LogP contribution is 2.28. The Morgan fingerprint density at radius 3 is 2.67 bits per heavy atom. The van der Waals surface area contributed by atoms with Gasteiger partial charge in [0.05, 0.1) is 4.83 Å². The van der Waals surface area contributed by atoms with Gasteiger partial charge < -0.3 is 0 Å². The zero-order valence-corrected chi connectivity index (χ0v) is 7.94. The van der Waals surface area contributed by atoms with Gasteiger partial charge in [0.2, 0.25) is 0 Å². The summed E-state index contributed by atoms with van der Waals surface area (Å²) in [5.41, 5.74) is 1.09. The molecule has 1 atom stereocenters. The molecule has 0 aromatic heterocycles. The molecule has 0 radical (unpaired) electrons. The van der Waals surface area contributed by atoms with Gasteiger partial charge in [0.25, 0.3) is 0 Å². The van der Waals surface area contributed by atoms with E-state index in [-0.39, 0.29) is 4.83 Å². The van der Waals surface area contributed by atoms with Crippen LogP contribution in [0.25, 0.3) is 0 Å². The van der Waals surface area contributed by atoms with Gasteiger partial charge in [0.15, 0.2) is 0 Å². The van der Waals surface area contributed by atoms with Crippen LogP contribution in [0.1, 0.15) is 0 Å². The van der Waals surface area contributed by atoms with E-state index in [1.807, 2.05) is 18.2 Å². The third-order valence-electron chi connectivity index (χ3n) is 1.13. The molecule has 0 N–H and O–H groups in total. The predicted molar refractivity (Wildman–Crippen MR) is 48.0 cm³/mol. The Bertz CT molecular complexity index is 189. The molecule has 1 unspecified atom stereocenters. The highest BCUT2D eigenvalue weighted by Gasteiger charge is 2.11. The van der Waals surface area contributed by atoms with Gasteiger partial charge in [-0.2, -0.15) is 0 Å². The maximum atomic E-state index is 3.84. The van der Waals surface area contributed by atoms with Gasteiger partial charge in [-0.15, -0.1) is 0 Å². The van der Waals surface area contributed by atoms with Gasteiger partial charge in [-0.05, 0) is 5.57 Å². The second-order valence-corrected chi connectivity index (χ2v) is 3.68. The molecule has 9 heavy (non-hydrogen) atoms. The number of alkyl halides is 1. The number of halogens is 2. The van der Waals surface area contributed by atoms with Crippen LogP contribution in [0.15, 0.2) is 34.9 Å². The summed E-state index contributed by atoms with van der Waals surface area (Å²) < 4.78 is 1.13. The summed E-state index contributed by atoms with van der Waals surface area (Å²) in [4.78, 5) is 0.280. The van der Waals surface area contributed by atoms with E-state index in [1.54, 1.807) is 0 Å². The third kappa shape index (κ3) is 1.55. The van der Waals surface area contributed by atoms with Gasteiger partial charge in [-0.25, -0.2) is 0 Å². The smallest absolute Gasteiger partial charge is 0.0704 e. The van der Waals surface area contributed by atoms with Crippen LogP contribution in [0.5, 0.6) is 0 Å². The second-order valence-electron chi connectivity index (χ2n) is 1.85. The third-order valence-corrected chi connectivity index (χ3v) is 3.55. The van der Waals surface area contributed by atoms with E-state index in [1.165, 1.54) is 0 Å². The Balaban J connectivity index is 2.86. The monoisotopic (exact) mass is 248 g/mol. The fraction of sp³-hybridized carbons (Fsp3) is 0.143. The van der Waals surface area contributed by atoms with Gasteiger partial charge >= 0.3 is 0 Å². The SMILES string of the molecule is C=C1C=CC=C(Br)C1Br. The van der Waals surface area contributed by atoms with E-state index in [4.69, 9.17) is 0 Å². The minimum Gasteiger partial charge on any atom is -0.0943 e. The molecule has 1 aliphatic carbocycles. The Morgan fingerprint density at radius 1 is 1.56 bits per heavy atom. The predicted octanol–water partition coefficient (Wildman–Crippen LogP) is 3.15. The lowest BCUT2D eigenvalue weighted by atomic mass is 10.1. The molecule has 0 aromatic carbocycles. The molecular weight excluding hydrogens is 244 g/mol. The van der Waals surface area contributed by atoms with E-state index >= 15 is 0 Å². The lowest BCUT2D eigenvalue weighted by Gasteiger charge is -2.11. The van der Waals surface area contributed by atoms with Gasteiger partial charge in [-0.3, -0.25) is 0 Å². The lowest BCUT2D eigenvalue weighted by Crippen LogP contribution is -2.01. The zero-order chi connectivity index (χ0) is 6.85. The largest absolute Gasteiger partial charge is 0.0943 e. The fourth-order valence-electron chi connectivity index (χ4n) is 0.610. The zero-order valence-electron chi connectivity index (χ0n) is 4.77. The first-order chi connectivity index (χ1) is 4.22. The first kappa shape index (κ1) is 7.29. The van der Waals surface area contributed by atoms with Crippen molar-refractivity contribution in [3.8, 4) is 0 Å². The Kier molecular flexibility index (Phi) is 2.30. The second kappa shape index (κ2) is 2.84. The van der Waals surface area contributed by atoms with Crippen LogP contribution < -0.4 is 0 Å². The molecule has 0 nitrogen and oxygen atoms in total.